The highest BCUT2D eigenvalue weighted by molar-refractivity contribution is 6.32. The first-order valence-corrected chi connectivity index (χ1v) is 12.4. The van der Waals surface area contributed by atoms with Crippen LogP contribution in [0.1, 0.15) is 27.0 Å². The molecule has 9 nitrogen and oxygen atoms in total. The second kappa shape index (κ2) is 13.0. The van der Waals surface area contributed by atoms with Gasteiger partial charge in [-0.15, -0.1) is 0 Å². The van der Waals surface area contributed by atoms with Crippen LogP contribution in [0.15, 0.2) is 90.0 Å². The van der Waals surface area contributed by atoms with Crippen molar-refractivity contribution in [1.82, 2.24) is 5.43 Å². The van der Waals surface area contributed by atoms with Crippen LogP contribution in [0.5, 0.6) is 23.0 Å². The molecule has 0 aliphatic carbocycles. The van der Waals surface area contributed by atoms with Crippen molar-refractivity contribution in [3.63, 3.8) is 0 Å². The lowest BCUT2D eigenvalue weighted by Gasteiger charge is -2.12. The summed E-state index contributed by atoms with van der Waals surface area (Å²) in [7, 11) is 1.46. The highest BCUT2D eigenvalue weighted by Crippen LogP contribution is 2.39. The summed E-state index contributed by atoms with van der Waals surface area (Å²) in [5.41, 5.74) is 1.98. The van der Waals surface area contributed by atoms with E-state index in [1.165, 1.54) is 37.6 Å². The molecule has 0 spiro atoms. The molecule has 4 aromatic rings. The molecule has 0 saturated heterocycles. The number of methoxy groups -OCH3 is 1. The Bertz CT molecular complexity index is 1630. The molecule has 0 aliphatic rings. The van der Waals surface area contributed by atoms with E-state index >= 15 is 0 Å². The number of nitrogens with one attached hydrogen (secondary N) is 1. The number of hydrogen-bond acceptors (Lipinski definition) is 7. The van der Waals surface area contributed by atoms with Crippen LogP contribution >= 0.6 is 11.6 Å². The number of alkyl halides is 3. The lowest BCUT2D eigenvalue weighted by molar-refractivity contribution is -0.385. The highest BCUT2D eigenvalue weighted by atomic mass is 35.5. The van der Waals surface area contributed by atoms with Crippen LogP contribution in [0.25, 0.3) is 0 Å². The Morgan fingerprint density at radius 1 is 0.976 bits per heavy atom. The first-order chi connectivity index (χ1) is 20.0. The lowest BCUT2D eigenvalue weighted by Crippen LogP contribution is -2.17. The maximum absolute atomic E-state index is 12.9. The number of nitro benzene ring substituents is 1. The third kappa shape index (κ3) is 7.55. The number of benzene rings is 4. The van der Waals surface area contributed by atoms with Crippen molar-refractivity contribution in [3.8, 4) is 23.0 Å². The average molecular weight is 600 g/mol. The fraction of sp³-hybridized carbons (Fsp3) is 0.103. The largest absolute Gasteiger partial charge is 0.493 e. The summed E-state index contributed by atoms with van der Waals surface area (Å²) < 4.78 is 55.4. The van der Waals surface area contributed by atoms with Crippen LogP contribution in [0.4, 0.5) is 18.9 Å². The molecule has 0 fully saturated rings. The molecule has 216 valence electrons. The summed E-state index contributed by atoms with van der Waals surface area (Å²) in [5, 5.41) is 15.2. The van der Waals surface area contributed by atoms with Gasteiger partial charge >= 0.3 is 11.9 Å². The number of nitrogens with zero attached hydrogens (tertiary/aromatic N) is 2. The van der Waals surface area contributed by atoms with Crippen LogP contribution in [-0.2, 0) is 12.8 Å². The van der Waals surface area contributed by atoms with Gasteiger partial charge in [-0.1, -0.05) is 41.9 Å². The van der Waals surface area contributed by atoms with Gasteiger partial charge in [-0.05, 0) is 59.7 Å². The number of ether oxygens (including phenoxy) is 3. The number of halogens is 4. The number of hydrogen-bond donors (Lipinski definition) is 1. The minimum atomic E-state index is -4.76. The van der Waals surface area contributed by atoms with E-state index in [-0.39, 0.29) is 16.3 Å². The van der Waals surface area contributed by atoms with Crippen molar-refractivity contribution in [2.45, 2.75) is 12.8 Å². The van der Waals surface area contributed by atoms with Gasteiger partial charge in [-0.25, -0.2) is 5.43 Å². The van der Waals surface area contributed by atoms with Crippen molar-refractivity contribution >= 4 is 29.4 Å². The average Bonchev–Trinajstić information content (AvgIpc) is 2.97. The van der Waals surface area contributed by atoms with Gasteiger partial charge in [0.05, 0.1) is 28.8 Å². The normalized spacial score (nSPS) is 11.3. The van der Waals surface area contributed by atoms with Crippen molar-refractivity contribution in [2.24, 2.45) is 5.10 Å². The van der Waals surface area contributed by atoms with E-state index < -0.39 is 34.0 Å². The number of hydrazone groups is 1. The first-order valence-electron chi connectivity index (χ1n) is 12.1. The Morgan fingerprint density at radius 3 is 2.36 bits per heavy atom. The maximum atomic E-state index is 12.9. The summed E-state index contributed by atoms with van der Waals surface area (Å²) in [6, 6.07) is 20.3. The second-order valence-corrected chi connectivity index (χ2v) is 8.98. The molecule has 4 aromatic carbocycles. The van der Waals surface area contributed by atoms with E-state index in [0.29, 0.717) is 35.8 Å². The molecule has 13 heteroatoms. The molecule has 0 bridgehead atoms. The van der Waals surface area contributed by atoms with E-state index in [1.807, 2.05) is 30.3 Å². The minimum absolute atomic E-state index is 0.00435. The molecule has 0 unspecified atom stereocenters. The molecule has 1 amide bonds. The molecule has 1 N–H and O–H groups in total. The quantitative estimate of drug-likeness (QED) is 0.115. The zero-order valence-corrected chi connectivity index (χ0v) is 22.5. The molecule has 0 aliphatic heterocycles. The Labute approximate surface area is 242 Å². The minimum Gasteiger partial charge on any atom is -0.493 e. The van der Waals surface area contributed by atoms with Gasteiger partial charge in [0.25, 0.3) is 5.91 Å². The summed E-state index contributed by atoms with van der Waals surface area (Å²) >= 11 is 6.22. The Morgan fingerprint density at radius 2 is 1.69 bits per heavy atom. The van der Waals surface area contributed by atoms with Crippen molar-refractivity contribution in [1.29, 1.82) is 0 Å². The smallest absolute Gasteiger partial charge is 0.416 e. The van der Waals surface area contributed by atoms with Gasteiger partial charge < -0.3 is 14.2 Å². The SMILES string of the molecule is COc1cc(C(=O)N/N=C/c2ccc(Oc3ccc(C(F)(F)F)cc3[N+](=O)[O-])c(Cl)c2)ccc1OCc1ccccc1. The van der Waals surface area contributed by atoms with Crippen LogP contribution in [0, 0.1) is 10.1 Å². The number of amides is 1. The van der Waals surface area contributed by atoms with Gasteiger partial charge in [-0.2, -0.15) is 18.3 Å². The molecular weight excluding hydrogens is 579 g/mol. The molecule has 0 saturated carbocycles. The van der Waals surface area contributed by atoms with E-state index in [9.17, 15) is 28.1 Å². The predicted octanol–water partition coefficient (Wildman–Crippen LogP) is 7.41. The molecule has 0 radical (unpaired) electrons. The van der Waals surface area contributed by atoms with Crippen molar-refractivity contribution in [3.05, 3.63) is 122 Å². The molecular formula is C29H21ClF3N3O6. The van der Waals surface area contributed by atoms with E-state index in [2.05, 4.69) is 10.5 Å². The van der Waals surface area contributed by atoms with E-state index in [1.54, 1.807) is 12.1 Å². The zero-order valence-electron chi connectivity index (χ0n) is 21.7. The van der Waals surface area contributed by atoms with Gasteiger partial charge in [0.1, 0.15) is 12.4 Å². The topological polar surface area (TPSA) is 112 Å². The van der Waals surface area contributed by atoms with Crippen LogP contribution < -0.4 is 19.6 Å². The van der Waals surface area contributed by atoms with Crippen molar-refractivity contribution in [2.75, 3.05) is 7.11 Å². The van der Waals surface area contributed by atoms with Crippen molar-refractivity contribution < 1.29 is 37.1 Å². The van der Waals surface area contributed by atoms with Gasteiger partial charge in [0, 0.05) is 11.6 Å². The fourth-order valence-electron chi connectivity index (χ4n) is 3.61. The zero-order chi connectivity index (χ0) is 30.3. The van der Waals surface area contributed by atoms with Crippen LogP contribution in [-0.4, -0.2) is 24.2 Å². The van der Waals surface area contributed by atoms with Gasteiger partial charge in [0.15, 0.2) is 11.5 Å². The summed E-state index contributed by atoms with van der Waals surface area (Å²) in [4.78, 5) is 22.9. The monoisotopic (exact) mass is 599 g/mol. The summed E-state index contributed by atoms with van der Waals surface area (Å²) in [6.45, 7) is 0.320. The molecule has 42 heavy (non-hydrogen) atoms. The third-order valence-electron chi connectivity index (χ3n) is 5.70. The van der Waals surface area contributed by atoms with E-state index in [0.717, 1.165) is 11.6 Å². The number of carbonyl (C=O) groups excluding carboxylic acids is 1. The van der Waals surface area contributed by atoms with E-state index in [4.69, 9.17) is 25.8 Å². The fourth-order valence-corrected chi connectivity index (χ4v) is 3.84. The Kier molecular flexibility index (Phi) is 9.28. The summed E-state index contributed by atoms with van der Waals surface area (Å²) in [6.07, 6.45) is -3.47. The highest BCUT2D eigenvalue weighted by Gasteiger charge is 2.33. The van der Waals surface area contributed by atoms with Crippen LogP contribution in [0.3, 0.4) is 0 Å². The third-order valence-corrected chi connectivity index (χ3v) is 6.00. The maximum Gasteiger partial charge on any atom is 0.416 e. The number of carbonyl (C=O) groups is 1. The first kappa shape index (κ1) is 29.9. The second-order valence-electron chi connectivity index (χ2n) is 8.57. The lowest BCUT2D eigenvalue weighted by atomic mass is 10.2. The number of rotatable bonds is 10. The Balaban J connectivity index is 1.40. The van der Waals surface area contributed by atoms with Crippen LogP contribution in [0.2, 0.25) is 5.02 Å². The standard InChI is InChI=1S/C29H21ClF3N3O6/c1-40-27-14-20(8-11-26(27)41-17-18-5-3-2-4-6-18)28(37)35-34-16-19-7-10-24(22(30)13-19)42-25-12-9-21(29(31,32)33)15-23(25)36(38)39/h2-16H,17H2,1H3,(H,35,37)/b34-16+. The number of nitro groups is 1. The van der Waals surface area contributed by atoms with Gasteiger partial charge in [0.2, 0.25) is 5.75 Å². The molecule has 4 rings (SSSR count). The predicted molar refractivity (Wildman–Crippen MR) is 148 cm³/mol. The molecule has 0 heterocycles. The summed E-state index contributed by atoms with van der Waals surface area (Å²) in [5.74, 6) is -0.170. The molecule has 0 aromatic heterocycles. The Hall–Kier alpha value is -5.10. The van der Waals surface area contributed by atoms with Gasteiger partial charge in [-0.3, -0.25) is 14.9 Å². The molecule has 0 atom stereocenters.